The molecule has 88 valence electrons. The highest BCUT2D eigenvalue weighted by atomic mass is 16.3. The van der Waals surface area contributed by atoms with Crippen molar-refractivity contribution in [1.82, 2.24) is 4.90 Å². The predicted molar refractivity (Wildman–Crippen MR) is 59.6 cm³/mol. The van der Waals surface area contributed by atoms with Crippen molar-refractivity contribution >= 4 is 0 Å². The third kappa shape index (κ3) is 2.52. The summed E-state index contributed by atoms with van der Waals surface area (Å²) in [6, 6.07) is 0.403. The van der Waals surface area contributed by atoms with Gasteiger partial charge in [0.1, 0.15) is 0 Å². The SMILES string of the molecule is CC(O)C1CCN(C2CCCC2O)CC1. The van der Waals surface area contributed by atoms with Gasteiger partial charge < -0.3 is 10.2 Å². The zero-order chi connectivity index (χ0) is 10.8. The van der Waals surface area contributed by atoms with Crippen LogP contribution in [-0.2, 0) is 0 Å². The average Bonchev–Trinajstić information content (AvgIpc) is 2.65. The fourth-order valence-electron chi connectivity index (χ4n) is 3.08. The number of nitrogens with zero attached hydrogens (tertiary/aromatic N) is 1. The first kappa shape index (κ1) is 11.4. The Morgan fingerprint density at radius 1 is 1.13 bits per heavy atom. The van der Waals surface area contributed by atoms with Gasteiger partial charge in [0.05, 0.1) is 12.2 Å². The first-order valence-electron chi connectivity index (χ1n) is 6.28. The summed E-state index contributed by atoms with van der Waals surface area (Å²) >= 11 is 0. The molecule has 2 rings (SSSR count). The van der Waals surface area contributed by atoms with E-state index < -0.39 is 0 Å². The van der Waals surface area contributed by atoms with E-state index in [0.29, 0.717) is 12.0 Å². The lowest BCUT2D eigenvalue weighted by Gasteiger charge is -2.38. The number of likely N-dealkylation sites (tertiary alicyclic amines) is 1. The van der Waals surface area contributed by atoms with Crippen LogP contribution in [-0.4, -0.2) is 46.5 Å². The van der Waals surface area contributed by atoms with Gasteiger partial charge >= 0.3 is 0 Å². The van der Waals surface area contributed by atoms with Crippen LogP contribution in [0.4, 0.5) is 0 Å². The van der Waals surface area contributed by atoms with Crippen molar-refractivity contribution < 1.29 is 10.2 Å². The number of hydrogen-bond donors (Lipinski definition) is 2. The first-order chi connectivity index (χ1) is 7.18. The molecule has 3 atom stereocenters. The molecule has 1 saturated heterocycles. The fraction of sp³-hybridized carbons (Fsp3) is 1.00. The van der Waals surface area contributed by atoms with Crippen molar-refractivity contribution in [2.24, 2.45) is 5.92 Å². The van der Waals surface area contributed by atoms with Crippen molar-refractivity contribution in [3.05, 3.63) is 0 Å². The Hall–Kier alpha value is -0.120. The van der Waals surface area contributed by atoms with E-state index in [2.05, 4.69) is 4.90 Å². The minimum Gasteiger partial charge on any atom is -0.393 e. The lowest BCUT2D eigenvalue weighted by atomic mass is 9.91. The van der Waals surface area contributed by atoms with Crippen molar-refractivity contribution in [2.75, 3.05) is 13.1 Å². The molecule has 0 aromatic carbocycles. The highest BCUT2D eigenvalue weighted by Gasteiger charge is 2.33. The molecule has 1 saturated carbocycles. The number of aliphatic hydroxyl groups is 2. The molecule has 0 aromatic rings. The maximum absolute atomic E-state index is 9.83. The average molecular weight is 213 g/mol. The second kappa shape index (κ2) is 4.81. The Bertz CT molecular complexity index is 200. The van der Waals surface area contributed by atoms with Gasteiger partial charge in [-0.25, -0.2) is 0 Å². The third-order valence-corrected chi connectivity index (χ3v) is 4.17. The van der Waals surface area contributed by atoms with Crippen LogP contribution in [0.15, 0.2) is 0 Å². The van der Waals surface area contributed by atoms with Crippen LogP contribution in [0.3, 0.4) is 0 Å². The second-order valence-electron chi connectivity index (χ2n) is 5.18. The summed E-state index contributed by atoms with van der Waals surface area (Å²) in [6.07, 6.45) is 5.19. The van der Waals surface area contributed by atoms with E-state index >= 15 is 0 Å². The molecule has 15 heavy (non-hydrogen) atoms. The Labute approximate surface area is 92.1 Å². The molecule has 1 heterocycles. The molecular formula is C12H23NO2. The van der Waals surface area contributed by atoms with E-state index in [0.717, 1.165) is 38.8 Å². The van der Waals surface area contributed by atoms with Crippen molar-refractivity contribution in [1.29, 1.82) is 0 Å². The van der Waals surface area contributed by atoms with Gasteiger partial charge in [0.25, 0.3) is 0 Å². The molecule has 0 aromatic heterocycles. The second-order valence-corrected chi connectivity index (χ2v) is 5.18. The summed E-state index contributed by atoms with van der Waals surface area (Å²) in [5.74, 6) is 0.472. The minimum absolute atomic E-state index is 0.104. The number of rotatable bonds is 2. The number of hydrogen-bond acceptors (Lipinski definition) is 3. The van der Waals surface area contributed by atoms with Gasteiger partial charge in [0.2, 0.25) is 0 Å². The Kier molecular flexibility index (Phi) is 3.65. The Morgan fingerprint density at radius 2 is 1.80 bits per heavy atom. The number of aliphatic hydroxyl groups excluding tert-OH is 2. The smallest absolute Gasteiger partial charge is 0.0695 e. The molecule has 3 heteroatoms. The van der Waals surface area contributed by atoms with E-state index in [1.165, 1.54) is 6.42 Å². The van der Waals surface area contributed by atoms with E-state index in [9.17, 15) is 10.2 Å². The molecule has 3 unspecified atom stereocenters. The topological polar surface area (TPSA) is 43.7 Å². The van der Waals surface area contributed by atoms with Crippen molar-refractivity contribution in [2.45, 2.75) is 57.3 Å². The molecule has 0 radical (unpaired) electrons. The summed E-state index contributed by atoms with van der Waals surface area (Å²) in [5.41, 5.74) is 0. The van der Waals surface area contributed by atoms with Crippen LogP contribution in [0.1, 0.15) is 39.0 Å². The van der Waals surface area contributed by atoms with Crippen LogP contribution in [0, 0.1) is 5.92 Å². The summed E-state index contributed by atoms with van der Waals surface area (Å²) in [6.45, 7) is 4.00. The summed E-state index contributed by atoms with van der Waals surface area (Å²) in [7, 11) is 0. The zero-order valence-corrected chi connectivity index (χ0v) is 9.60. The quantitative estimate of drug-likeness (QED) is 0.719. The van der Waals surface area contributed by atoms with Gasteiger partial charge in [-0.1, -0.05) is 0 Å². The highest BCUT2D eigenvalue weighted by Crippen LogP contribution is 2.29. The van der Waals surface area contributed by atoms with Crippen LogP contribution < -0.4 is 0 Å². The zero-order valence-electron chi connectivity index (χ0n) is 9.60. The fourth-order valence-corrected chi connectivity index (χ4v) is 3.08. The van der Waals surface area contributed by atoms with Gasteiger partial charge in [0, 0.05) is 6.04 Å². The maximum Gasteiger partial charge on any atom is 0.0695 e. The normalized spacial score (nSPS) is 37.0. The van der Waals surface area contributed by atoms with E-state index in [1.54, 1.807) is 0 Å². The molecular weight excluding hydrogens is 190 g/mol. The molecule has 2 N–H and O–H groups in total. The van der Waals surface area contributed by atoms with Gasteiger partial charge in [-0.05, 0) is 58.0 Å². The summed E-state index contributed by atoms with van der Waals surface area (Å²) < 4.78 is 0. The monoisotopic (exact) mass is 213 g/mol. The molecule has 0 amide bonds. The Balaban J connectivity index is 1.82. The van der Waals surface area contributed by atoms with Crippen LogP contribution >= 0.6 is 0 Å². The molecule has 0 spiro atoms. The van der Waals surface area contributed by atoms with E-state index in [-0.39, 0.29) is 12.2 Å². The first-order valence-corrected chi connectivity index (χ1v) is 6.28. The van der Waals surface area contributed by atoms with Crippen molar-refractivity contribution in [3.63, 3.8) is 0 Å². The summed E-state index contributed by atoms with van der Waals surface area (Å²) in [5, 5.41) is 19.3. The maximum atomic E-state index is 9.83. The third-order valence-electron chi connectivity index (χ3n) is 4.17. The largest absolute Gasteiger partial charge is 0.393 e. The van der Waals surface area contributed by atoms with E-state index in [1.807, 2.05) is 6.92 Å². The highest BCUT2D eigenvalue weighted by molar-refractivity contribution is 4.88. The van der Waals surface area contributed by atoms with Gasteiger partial charge in [0.15, 0.2) is 0 Å². The van der Waals surface area contributed by atoms with Crippen molar-refractivity contribution in [3.8, 4) is 0 Å². The molecule has 2 fully saturated rings. The number of piperidine rings is 1. The molecule has 1 aliphatic heterocycles. The molecule has 3 nitrogen and oxygen atoms in total. The lowest BCUT2D eigenvalue weighted by Crippen LogP contribution is -2.46. The Morgan fingerprint density at radius 3 is 2.27 bits per heavy atom. The van der Waals surface area contributed by atoms with Crippen LogP contribution in [0.25, 0.3) is 0 Å². The predicted octanol–water partition coefficient (Wildman–Crippen LogP) is 0.993. The molecule has 0 bridgehead atoms. The van der Waals surface area contributed by atoms with E-state index in [4.69, 9.17) is 0 Å². The van der Waals surface area contributed by atoms with Gasteiger partial charge in [-0.2, -0.15) is 0 Å². The standard InChI is InChI=1S/C12H23NO2/c1-9(14)10-5-7-13(8-6-10)11-3-2-4-12(11)15/h9-12,14-15H,2-8H2,1H3. The summed E-state index contributed by atoms with van der Waals surface area (Å²) in [4.78, 5) is 2.43. The minimum atomic E-state index is -0.166. The van der Waals surface area contributed by atoms with Gasteiger partial charge in [-0.15, -0.1) is 0 Å². The van der Waals surface area contributed by atoms with Crippen LogP contribution in [0.2, 0.25) is 0 Å². The molecule has 1 aliphatic carbocycles. The lowest BCUT2D eigenvalue weighted by molar-refractivity contribution is 0.0219. The van der Waals surface area contributed by atoms with Crippen LogP contribution in [0.5, 0.6) is 0 Å². The van der Waals surface area contributed by atoms with Gasteiger partial charge in [-0.3, -0.25) is 4.90 Å². The molecule has 2 aliphatic rings.